The smallest absolute Gasteiger partial charge is 0.409 e. The molecule has 2 aromatic rings. The van der Waals surface area contributed by atoms with E-state index in [9.17, 15) is 13.2 Å². The molecule has 0 amide bonds. The molecule has 0 radical (unpaired) electrons. The minimum Gasteiger partial charge on any atom is -0.409 e. The zero-order chi connectivity index (χ0) is 13.3. The van der Waals surface area contributed by atoms with Crippen molar-refractivity contribution in [1.29, 1.82) is 0 Å². The van der Waals surface area contributed by atoms with Crippen molar-refractivity contribution in [3.05, 3.63) is 29.8 Å². The molecule has 6 nitrogen and oxygen atoms in total. The lowest BCUT2D eigenvalue weighted by Gasteiger charge is -2.03. The van der Waals surface area contributed by atoms with Gasteiger partial charge >= 0.3 is 6.18 Å². The number of hydrogen-bond donors (Lipinski definition) is 2. The molecule has 0 fully saturated rings. The third-order valence-electron chi connectivity index (χ3n) is 1.99. The Kier molecular flexibility index (Phi) is 2.95. The SMILES string of the molecule is N/C(=N/O)c1cccn1-c1nc(C(F)(F)F)ns1. The molecule has 2 rings (SSSR count). The average molecular weight is 277 g/mol. The molecule has 0 saturated carbocycles. The summed E-state index contributed by atoms with van der Waals surface area (Å²) in [6.45, 7) is 0. The summed E-state index contributed by atoms with van der Waals surface area (Å²) < 4.78 is 41.5. The van der Waals surface area contributed by atoms with Crippen molar-refractivity contribution < 1.29 is 18.4 Å². The number of alkyl halides is 3. The standard InChI is InChI=1S/C8H6F3N5OS/c9-8(10,11)6-13-7(18-15-6)16-3-1-2-4(16)5(12)14-17/h1-3,17H,(H2,12,14). The molecule has 3 N–H and O–H groups in total. The van der Waals surface area contributed by atoms with E-state index < -0.39 is 12.0 Å². The Labute approximate surface area is 102 Å². The highest BCUT2D eigenvalue weighted by Gasteiger charge is 2.36. The highest BCUT2D eigenvalue weighted by atomic mass is 32.1. The Morgan fingerprint density at radius 1 is 1.50 bits per heavy atom. The van der Waals surface area contributed by atoms with Gasteiger partial charge < -0.3 is 10.9 Å². The highest BCUT2D eigenvalue weighted by Crippen LogP contribution is 2.28. The largest absolute Gasteiger partial charge is 0.452 e. The van der Waals surface area contributed by atoms with E-state index in [2.05, 4.69) is 14.5 Å². The molecule has 0 spiro atoms. The Balaban J connectivity index is 2.44. The molecule has 0 saturated heterocycles. The maximum absolute atomic E-state index is 12.4. The zero-order valence-electron chi connectivity index (χ0n) is 8.59. The topological polar surface area (TPSA) is 89.3 Å². The summed E-state index contributed by atoms with van der Waals surface area (Å²) in [6.07, 6.45) is -3.16. The molecular formula is C8H6F3N5OS. The molecule has 2 aromatic heterocycles. The fraction of sp³-hybridized carbons (Fsp3) is 0.125. The first-order valence-corrected chi connectivity index (χ1v) is 5.27. The third-order valence-corrected chi connectivity index (χ3v) is 2.71. The Bertz CT molecular complexity index is 588. The fourth-order valence-corrected chi connectivity index (χ4v) is 1.92. The summed E-state index contributed by atoms with van der Waals surface area (Å²) >= 11 is 0.566. The van der Waals surface area contributed by atoms with Crippen LogP contribution in [0.15, 0.2) is 23.5 Å². The molecule has 96 valence electrons. The number of hydrogen-bond acceptors (Lipinski definition) is 5. The van der Waals surface area contributed by atoms with Gasteiger partial charge in [0.25, 0.3) is 0 Å². The highest BCUT2D eigenvalue weighted by molar-refractivity contribution is 7.08. The van der Waals surface area contributed by atoms with Crippen molar-refractivity contribution in [2.75, 3.05) is 0 Å². The van der Waals surface area contributed by atoms with Gasteiger partial charge in [0.1, 0.15) is 0 Å². The number of halogens is 3. The summed E-state index contributed by atoms with van der Waals surface area (Å²) in [5.41, 5.74) is 5.61. The van der Waals surface area contributed by atoms with Crippen molar-refractivity contribution in [3.8, 4) is 5.13 Å². The van der Waals surface area contributed by atoms with Gasteiger partial charge in [-0.3, -0.25) is 4.57 Å². The second kappa shape index (κ2) is 4.29. The first-order valence-electron chi connectivity index (χ1n) is 4.50. The molecule has 0 aliphatic carbocycles. The number of aromatic nitrogens is 3. The number of nitrogens with zero attached hydrogens (tertiary/aromatic N) is 4. The Hall–Kier alpha value is -2.10. The van der Waals surface area contributed by atoms with Crippen molar-refractivity contribution in [1.82, 2.24) is 13.9 Å². The van der Waals surface area contributed by atoms with Crippen LogP contribution >= 0.6 is 11.5 Å². The number of nitrogens with two attached hydrogens (primary N) is 1. The van der Waals surface area contributed by atoms with Crippen LogP contribution in [0.1, 0.15) is 11.5 Å². The lowest BCUT2D eigenvalue weighted by atomic mass is 10.4. The molecule has 0 bridgehead atoms. The van der Waals surface area contributed by atoms with Gasteiger partial charge in [0.2, 0.25) is 11.0 Å². The summed E-state index contributed by atoms with van der Waals surface area (Å²) in [6, 6.07) is 3.01. The molecule has 10 heteroatoms. The summed E-state index contributed by atoms with van der Waals surface area (Å²) in [4.78, 5) is 3.35. The molecule has 0 aliphatic rings. The van der Waals surface area contributed by atoms with Gasteiger partial charge in [0.15, 0.2) is 5.84 Å². The summed E-state index contributed by atoms with van der Waals surface area (Å²) in [5, 5.41) is 11.3. The summed E-state index contributed by atoms with van der Waals surface area (Å²) in [7, 11) is 0. The molecule has 0 aliphatic heterocycles. The van der Waals surface area contributed by atoms with Crippen LogP contribution in [0.3, 0.4) is 0 Å². The minimum atomic E-state index is -4.60. The van der Waals surface area contributed by atoms with Gasteiger partial charge in [0.05, 0.1) is 5.69 Å². The normalized spacial score (nSPS) is 12.9. The second-order valence-electron chi connectivity index (χ2n) is 3.15. The average Bonchev–Trinajstić information content (AvgIpc) is 2.94. The van der Waals surface area contributed by atoms with Crippen LogP contribution in [0.2, 0.25) is 0 Å². The van der Waals surface area contributed by atoms with Crippen LogP contribution < -0.4 is 5.73 Å². The number of rotatable bonds is 2. The molecular weight excluding hydrogens is 271 g/mol. The van der Waals surface area contributed by atoms with Crippen LogP contribution in [-0.4, -0.2) is 25.0 Å². The van der Waals surface area contributed by atoms with Crippen LogP contribution in [0.25, 0.3) is 5.13 Å². The van der Waals surface area contributed by atoms with Crippen LogP contribution in [0, 0.1) is 0 Å². The third kappa shape index (κ3) is 2.14. The lowest BCUT2D eigenvalue weighted by molar-refractivity contribution is -0.144. The van der Waals surface area contributed by atoms with Crippen molar-refractivity contribution in [2.45, 2.75) is 6.18 Å². The number of oxime groups is 1. The van der Waals surface area contributed by atoms with E-state index in [-0.39, 0.29) is 16.7 Å². The van der Waals surface area contributed by atoms with Gasteiger partial charge in [-0.2, -0.15) is 22.5 Å². The summed E-state index contributed by atoms with van der Waals surface area (Å²) in [5.74, 6) is -1.45. The van der Waals surface area contributed by atoms with Gasteiger partial charge in [0, 0.05) is 17.7 Å². The van der Waals surface area contributed by atoms with Gasteiger partial charge in [-0.05, 0) is 12.1 Å². The Morgan fingerprint density at radius 2 is 2.22 bits per heavy atom. The van der Waals surface area contributed by atoms with E-state index in [0.29, 0.717) is 11.5 Å². The van der Waals surface area contributed by atoms with E-state index in [1.807, 2.05) is 0 Å². The van der Waals surface area contributed by atoms with E-state index in [4.69, 9.17) is 10.9 Å². The van der Waals surface area contributed by atoms with Gasteiger partial charge in [-0.1, -0.05) is 5.16 Å². The molecule has 18 heavy (non-hydrogen) atoms. The van der Waals surface area contributed by atoms with Gasteiger partial charge in [-0.25, -0.2) is 0 Å². The maximum Gasteiger partial charge on any atom is 0.452 e. The van der Waals surface area contributed by atoms with E-state index in [1.54, 1.807) is 0 Å². The quantitative estimate of drug-likeness (QED) is 0.376. The van der Waals surface area contributed by atoms with Crippen molar-refractivity contribution >= 4 is 17.4 Å². The van der Waals surface area contributed by atoms with Crippen LogP contribution in [0.5, 0.6) is 0 Å². The van der Waals surface area contributed by atoms with E-state index in [0.717, 1.165) is 0 Å². The van der Waals surface area contributed by atoms with Gasteiger partial charge in [-0.15, -0.1) is 0 Å². The van der Waals surface area contributed by atoms with Crippen molar-refractivity contribution in [3.63, 3.8) is 0 Å². The first-order chi connectivity index (χ1) is 8.43. The monoisotopic (exact) mass is 277 g/mol. The predicted octanol–water partition coefficient (Wildman–Crippen LogP) is 1.44. The number of amidine groups is 1. The molecule has 0 atom stereocenters. The minimum absolute atomic E-state index is 0.0195. The first kappa shape index (κ1) is 12.4. The molecule has 2 heterocycles. The Morgan fingerprint density at radius 3 is 2.78 bits per heavy atom. The van der Waals surface area contributed by atoms with Crippen molar-refractivity contribution in [2.24, 2.45) is 10.9 Å². The van der Waals surface area contributed by atoms with Crippen LogP contribution in [-0.2, 0) is 6.18 Å². The lowest BCUT2D eigenvalue weighted by Crippen LogP contribution is -2.17. The van der Waals surface area contributed by atoms with E-state index >= 15 is 0 Å². The fourth-order valence-electron chi connectivity index (χ4n) is 1.24. The molecule has 0 aromatic carbocycles. The predicted molar refractivity (Wildman–Crippen MR) is 56.7 cm³/mol. The molecule has 0 unspecified atom stereocenters. The van der Waals surface area contributed by atoms with E-state index in [1.165, 1.54) is 22.9 Å². The second-order valence-corrected chi connectivity index (χ2v) is 3.88. The maximum atomic E-state index is 12.4. The zero-order valence-corrected chi connectivity index (χ0v) is 9.40. The van der Waals surface area contributed by atoms with Crippen LogP contribution in [0.4, 0.5) is 13.2 Å².